The predicted molar refractivity (Wildman–Crippen MR) is 109 cm³/mol. The number of hydrogen-bond acceptors (Lipinski definition) is 3. The Morgan fingerprint density at radius 3 is 2.82 bits per heavy atom. The Bertz CT molecular complexity index is 815. The van der Waals surface area contributed by atoms with Crippen molar-refractivity contribution in [1.29, 1.82) is 0 Å². The van der Waals surface area contributed by atoms with E-state index in [-0.39, 0.29) is 17.2 Å². The SMILES string of the molecule is C=C1C[C@@]2(CC)[C@@H](CC[C@]2(C#CCl)OC(C)=O)[C@@H]2CCC3=CC(=O)CC[C@@H]3[C@@H]12. The zero-order valence-corrected chi connectivity index (χ0v) is 17.6. The molecule has 150 valence electrons. The van der Waals surface area contributed by atoms with Crippen molar-refractivity contribution in [3.05, 3.63) is 23.8 Å². The van der Waals surface area contributed by atoms with Gasteiger partial charge in [-0.05, 0) is 92.2 Å². The quantitative estimate of drug-likeness (QED) is 0.364. The Morgan fingerprint density at radius 1 is 1.36 bits per heavy atom. The summed E-state index contributed by atoms with van der Waals surface area (Å²) < 4.78 is 5.96. The van der Waals surface area contributed by atoms with Crippen molar-refractivity contribution in [2.45, 2.75) is 70.8 Å². The van der Waals surface area contributed by atoms with Crippen molar-refractivity contribution in [1.82, 2.24) is 0 Å². The molecule has 0 aromatic heterocycles. The summed E-state index contributed by atoms with van der Waals surface area (Å²) in [7, 11) is 0. The molecule has 0 saturated heterocycles. The van der Waals surface area contributed by atoms with Crippen LogP contribution in [0.15, 0.2) is 23.8 Å². The maximum absolute atomic E-state index is 12.0. The van der Waals surface area contributed by atoms with Crippen molar-refractivity contribution in [3.63, 3.8) is 0 Å². The van der Waals surface area contributed by atoms with Crippen LogP contribution >= 0.6 is 11.6 Å². The molecular formula is C24H29ClO3. The van der Waals surface area contributed by atoms with Gasteiger partial charge in [-0.15, -0.1) is 0 Å². The van der Waals surface area contributed by atoms with Crippen LogP contribution in [0, 0.1) is 40.4 Å². The van der Waals surface area contributed by atoms with Crippen LogP contribution in [0.25, 0.3) is 0 Å². The monoisotopic (exact) mass is 400 g/mol. The van der Waals surface area contributed by atoms with Gasteiger partial charge in [0.15, 0.2) is 11.4 Å². The topological polar surface area (TPSA) is 43.4 Å². The zero-order valence-electron chi connectivity index (χ0n) is 16.9. The molecule has 3 saturated carbocycles. The first-order valence-corrected chi connectivity index (χ1v) is 11.0. The van der Waals surface area contributed by atoms with Gasteiger partial charge >= 0.3 is 5.97 Å². The third-order valence-corrected chi connectivity index (χ3v) is 8.33. The lowest BCUT2D eigenvalue weighted by Crippen LogP contribution is -2.55. The fourth-order valence-corrected chi connectivity index (χ4v) is 7.50. The molecule has 0 radical (unpaired) electrons. The fourth-order valence-electron chi connectivity index (χ4n) is 7.35. The maximum atomic E-state index is 12.0. The van der Waals surface area contributed by atoms with Crippen molar-refractivity contribution in [2.24, 2.45) is 29.1 Å². The van der Waals surface area contributed by atoms with Crippen LogP contribution in [0.3, 0.4) is 0 Å². The highest BCUT2D eigenvalue weighted by molar-refractivity contribution is 6.30. The number of allylic oxidation sites excluding steroid dienone is 2. The molecule has 4 heteroatoms. The summed E-state index contributed by atoms with van der Waals surface area (Å²) in [6.45, 7) is 8.18. The van der Waals surface area contributed by atoms with E-state index in [0.717, 1.165) is 44.9 Å². The molecule has 0 heterocycles. The molecule has 0 amide bonds. The van der Waals surface area contributed by atoms with Crippen molar-refractivity contribution in [3.8, 4) is 11.3 Å². The van der Waals surface area contributed by atoms with Crippen LogP contribution in [0.2, 0.25) is 0 Å². The Balaban J connectivity index is 1.76. The molecule has 0 aliphatic heterocycles. The van der Waals surface area contributed by atoms with E-state index in [1.54, 1.807) is 0 Å². The number of halogens is 1. The minimum absolute atomic E-state index is 0.218. The normalized spacial score (nSPS) is 41.8. The van der Waals surface area contributed by atoms with Gasteiger partial charge in [-0.3, -0.25) is 9.59 Å². The van der Waals surface area contributed by atoms with Gasteiger partial charge in [0.25, 0.3) is 0 Å². The standard InChI is InChI=1S/C24H29ClO3/c1-4-23-14-15(2)22-19-8-6-18(27)13-17(19)5-7-20(22)21(23)9-10-24(23,11-12-25)28-16(3)26/h13,19-22H,2,4-10,14H2,1,3H3/t19-,20-,21-,22+,23-,24+/m0/s1. The van der Waals surface area contributed by atoms with Gasteiger partial charge < -0.3 is 4.74 Å². The Labute approximate surface area is 172 Å². The average Bonchev–Trinajstić information content (AvgIpc) is 2.95. The third kappa shape index (κ3) is 2.71. The molecule has 4 aliphatic carbocycles. The van der Waals surface area contributed by atoms with Crippen molar-refractivity contribution >= 4 is 23.4 Å². The lowest BCUT2D eigenvalue weighted by atomic mass is 9.48. The van der Waals surface area contributed by atoms with E-state index < -0.39 is 5.60 Å². The fraction of sp³-hybridized carbons (Fsp3) is 0.667. The highest BCUT2D eigenvalue weighted by atomic mass is 35.5. The number of ether oxygens (including phenoxy) is 1. The van der Waals surface area contributed by atoms with Crippen molar-refractivity contribution < 1.29 is 14.3 Å². The number of fused-ring (bicyclic) bond motifs is 5. The average molecular weight is 401 g/mol. The van der Waals surface area contributed by atoms with E-state index in [1.807, 2.05) is 6.08 Å². The van der Waals surface area contributed by atoms with Crippen molar-refractivity contribution in [2.75, 3.05) is 0 Å². The second-order valence-electron chi connectivity index (χ2n) is 9.19. The van der Waals surface area contributed by atoms with Gasteiger partial charge in [-0.25, -0.2) is 0 Å². The lowest BCUT2D eigenvalue weighted by molar-refractivity contribution is -0.167. The molecule has 0 spiro atoms. The second-order valence-corrected chi connectivity index (χ2v) is 9.38. The minimum atomic E-state index is -0.813. The summed E-state index contributed by atoms with van der Waals surface area (Å²) in [5.41, 5.74) is 1.56. The molecule has 3 nitrogen and oxygen atoms in total. The van der Waals surface area contributed by atoms with E-state index in [4.69, 9.17) is 16.3 Å². The summed E-state index contributed by atoms with van der Waals surface area (Å²) in [6.07, 6.45) is 9.07. The Morgan fingerprint density at radius 2 is 2.14 bits per heavy atom. The highest BCUT2D eigenvalue weighted by Gasteiger charge is 2.66. The van der Waals surface area contributed by atoms with E-state index >= 15 is 0 Å². The Hall–Kier alpha value is -1.53. The van der Waals surface area contributed by atoms with Gasteiger partial charge in [0, 0.05) is 24.1 Å². The van der Waals surface area contributed by atoms with Crippen LogP contribution in [-0.2, 0) is 14.3 Å². The summed E-state index contributed by atoms with van der Waals surface area (Å²) >= 11 is 5.87. The first kappa shape index (κ1) is 19.8. The molecule has 4 aliphatic rings. The number of carbonyl (C=O) groups is 2. The maximum Gasteiger partial charge on any atom is 0.304 e. The summed E-state index contributed by atoms with van der Waals surface area (Å²) in [6, 6.07) is 0. The largest absolute Gasteiger partial charge is 0.445 e. The van der Waals surface area contributed by atoms with Crippen LogP contribution in [0.1, 0.15) is 65.2 Å². The molecule has 28 heavy (non-hydrogen) atoms. The highest BCUT2D eigenvalue weighted by Crippen LogP contribution is 2.68. The first-order chi connectivity index (χ1) is 13.4. The van der Waals surface area contributed by atoms with E-state index in [9.17, 15) is 9.59 Å². The molecule has 4 rings (SSSR count). The van der Waals surface area contributed by atoms with E-state index in [1.165, 1.54) is 18.1 Å². The van der Waals surface area contributed by atoms with Gasteiger partial charge in [-0.1, -0.05) is 24.6 Å². The number of ketones is 1. The van der Waals surface area contributed by atoms with Gasteiger partial charge in [0.1, 0.15) is 0 Å². The van der Waals surface area contributed by atoms with E-state index in [0.29, 0.717) is 30.1 Å². The summed E-state index contributed by atoms with van der Waals surface area (Å²) in [4.78, 5) is 23.9. The second kappa shape index (κ2) is 7.06. The molecule has 0 aromatic carbocycles. The molecule has 3 fully saturated rings. The smallest absolute Gasteiger partial charge is 0.304 e. The molecular weight excluding hydrogens is 372 g/mol. The summed E-state index contributed by atoms with van der Waals surface area (Å²) in [5.74, 6) is 4.99. The van der Waals surface area contributed by atoms with Crippen LogP contribution < -0.4 is 0 Å². The molecule has 6 atom stereocenters. The number of rotatable bonds is 2. The van der Waals surface area contributed by atoms with Crippen LogP contribution in [-0.4, -0.2) is 17.4 Å². The molecule has 0 unspecified atom stereocenters. The molecule has 0 N–H and O–H groups in total. The Kier molecular flexibility index (Phi) is 4.99. The summed E-state index contributed by atoms with van der Waals surface area (Å²) in [5, 5.41) is 2.55. The van der Waals surface area contributed by atoms with Gasteiger partial charge in [0.2, 0.25) is 0 Å². The first-order valence-electron chi connectivity index (χ1n) is 10.6. The molecule has 0 bridgehead atoms. The van der Waals surface area contributed by atoms with Crippen LogP contribution in [0.4, 0.5) is 0 Å². The van der Waals surface area contributed by atoms with Gasteiger partial charge in [-0.2, -0.15) is 0 Å². The predicted octanol–water partition coefficient (Wildman–Crippen LogP) is 5.19. The third-order valence-electron chi connectivity index (χ3n) is 8.24. The number of esters is 1. The molecule has 0 aromatic rings. The lowest BCUT2D eigenvalue weighted by Gasteiger charge is -2.57. The van der Waals surface area contributed by atoms with Gasteiger partial charge in [0.05, 0.1) is 0 Å². The zero-order chi connectivity index (χ0) is 20.1. The number of hydrogen-bond donors (Lipinski definition) is 0. The van der Waals surface area contributed by atoms with Crippen LogP contribution in [0.5, 0.6) is 0 Å². The van der Waals surface area contributed by atoms with E-state index in [2.05, 4.69) is 24.8 Å². The number of carbonyl (C=O) groups excluding carboxylic acids is 2. The minimum Gasteiger partial charge on any atom is -0.445 e.